The van der Waals surface area contributed by atoms with E-state index in [9.17, 15) is 0 Å². The number of aryl methyl sites for hydroxylation is 5. The van der Waals surface area contributed by atoms with Crippen LogP contribution >= 0.6 is 79.4 Å². The number of rotatable bonds is 12. The van der Waals surface area contributed by atoms with Gasteiger partial charge in [0.2, 0.25) is 0 Å². The smallest absolute Gasteiger partial charge is 0.0907 e. The molecule has 0 fully saturated rings. The van der Waals surface area contributed by atoms with E-state index >= 15 is 0 Å². The van der Waals surface area contributed by atoms with Crippen LogP contribution in [0.15, 0.2) is 270 Å². The Morgan fingerprint density at radius 1 is 0.259 bits per heavy atom. The van der Waals surface area contributed by atoms with Gasteiger partial charge in [-0.2, -0.15) is 0 Å². The topological polar surface area (TPSA) is 114 Å². The van der Waals surface area contributed by atoms with Crippen LogP contribution in [0, 0.1) is 13.8 Å². The molecule has 10 heterocycles. The largest absolute Gasteiger partial charge is 0.384 e. The van der Waals surface area contributed by atoms with Crippen LogP contribution in [0.4, 0.5) is 5.69 Å². The second kappa shape index (κ2) is 55.0. The lowest BCUT2D eigenvalue weighted by Crippen LogP contribution is -1.99. The zero-order valence-electron chi connectivity index (χ0n) is 92.0. The summed E-state index contributed by atoms with van der Waals surface area (Å²) in [6, 6.07) is 85.1. The number of anilines is 1. The van der Waals surface area contributed by atoms with Crippen molar-refractivity contribution in [3.05, 3.63) is 386 Å². The minimum atomic E-state index is 0.566. The molecule has 4 aliphatic rings. The zero-order chi connectivity index (χ0) is 105. The Labute approximate surface area is 906 Å². The van der Waals surface area contributed by atoms with Crippen molar-refractivity contribution in [2.75, 3.05) is 11.9 Å². The highest BCUT2D eigenvalue weighted by molar-refractivity contribution is 7.19. The Hall–Kier alpha value is -10.9. The van der Waals surface area contributed by atoms with Gasteiger partial charge in [-0.05, 0) is 325 Å². The van der Waals surface area contributed by atoms with E-state index in [4.69, 9.17) is 0 Å². The number of benzene rings is 12. The molecular formula is C131H157N9S7. The van der Waals surface area contributed by atoms with Crippen molar-refractivity contribution in [1.82, 2.24) is 40.2 Å². The number of nitrogens with zero attached hydrogens (tertiary/aromatic N) is 7. The van der Waals surface area contributed by atoms with E-state index in [2.05, 4.69) is 461 Å². The predicted molar refractivity (Wildman–Crippen MR) is 652 cm³/mol. The van der Waals surface area contributed by atoms with E-state index in [1.807, 2.05) is 45.6 Å². The minimum absolute atomic E-state index is 0.566. The van der Waals surface area contributed by atoms with Gasteiger partial charge >= 0.3 is 0 Å². The Kier molecular flexibility index (Phi) is 42.4. The molecule has 16 heteroatoms. The quantitative estimate of drug-likeness (QED) is 0.123. The molecule has 768 valence electrons. The second-order valence-corrected chi connectivity index (χ2v) is 49.4. The van der Waals surface area contributed by atoms with Crippen LogP contribution < -0.4 is 10.6 Å². The first-order valence-electron chi connectivity index (χ1n) is 53.4. The van der Waals surface area contributed by atoms with Crippen LogP contribution in [0.1, 0.15) is 366 Å². The Bertz CT molecular complexity index is 7070. The van der Waals surface area contributed by atoms with Crippen molar-refractivity contribution >= 4 is 167 Å². The molecule has 147 heavy (non-hydrogen) atoms. The normalized spacial score (nSPS) is 12.5. The first-order chi connectivity index (χ1) is 70.6. The first kappa shape index (κ1) is 113. The van der Waals surface area contributed by atoms with Crippen molar-refractivity contribution in [2.45, 2.75) is 309 Å². The molecule has 0 bridgehead atoms. The molecule has 20 aromatic rings. The van der Waals surface area contributed by atoms with Crippen molar-refractivity contribution in [1.29, 1.82) is 0 Å². The fourth-order valence-electron chi connectivity index (χ4n) is 18.8. The SMILES string of the molecule is CC(C)c1ccc2c(c1)CCC2.CC(C)c1ccc2c(c1)CNC2.CC(C)c1ccc2cccnc2c1.CC(C)c1ccc2ncsc2c1.CC(C)c1ccc2sccc2c1.CC(C)c1ccc2scnc2c1.CC(C)c1cccc2c1CCC2.CC(C)c1cccc2c1CCN2.CC(C)c1cccc2ncsc12.CC(C)c1cccc2scnc12.Cc1nc2cccc(C(C)C)c2s1.Cc1nc2cccc(C(C)C)c2s1. The Morgan fingerprint density at radius 2 is 0.707 bits per heavy atom. The number of fused-ring (bicyclic) bond motifs is 12. The van der Waals surface area contributed by atoms with Gasteiger partial charge in [-0.15, -0.1) is 79.4 Å². The number of para-hydroxylation sites is 1. The third kappa shape index (κ3) is 31.4. The van der Waals surface area contributed by atoms with Gasteiger partial charge < -0.3 is 10.6 Å². The lowest BCUT2D eigenvalue weighted by atomic mass is 9.95. The number of thiophene rings is 1. The fourth-order valence-corrected chi connectivity index (χ4v) is 24.8. The average Bonchev–Trinajstić information content (AvgIpc) is 1.67. The summed E-state index contributed by atoms with van der Waals surface area (Å²) in [5, 5.41) is 13.8. The predicted octanol–water partition coefficient (Wildman–Crippen LogP) is 40.3. The maximum absolute atomic E-state index is 4.47. The van der Waals surface area contributed by atoms with E-state index in [1.165, 1.54) is 178 Å². The molecule has 0 unspecified atom stereocenters. The fraction of sp³-hybridized carbons (Fsp3) is 0.366. The lowest BCUT2D eigenvalue weighted by molar-refractivity contribution is 0.764. The van der Waals surface area contributed by atoms with Crippen LogP contribution in [0.25, 0.3) is 82.3 Å². The van der Waals surface area contributed by atoms with Gasteiger partial charge in [-0.1, -0.05) is 324 Å². The van der Waals surface area contributed by atoms with Gasteiger partial charge in [0.15, 0.2) is 0 Å². The van der Waals surface area contributed by atoms with E-state index in [0.29, 0.717) is 71.0 Å². The number of pyridine rings is 1. The molecule has 12 aromatic carbocycles. The monoisotopic (exact) mass is 2080 g/mol. The molecule has 0 atom stereocenters. The summed E-state index contributed by atoms with van der Waals surface area (Å²) in [6.45, 7) is 60.9. The molecule has 2 N–H and O–H groups in total. The van der Waals surface area contributed by atoms with Crippen molar-refractivity contribution in [3.63, 3.8) is 0 Å². The number of thiazole rings is 6. The molecule has 8 aromatic heterocycles. The molecule has 9 nitrogen and oxygen atoms in total. The summed E-state index contributed by atoms with van der Waals surface area (Å²) >= 11 is 12.2. The standard InChI is InChI=1S/C12H13N.2C12H16.2C11H13NS.2C11H15N.C11H12S.4C10H11NS/c1-9(2)11-6-5-10-4-3-7-13-12(10)8-11;1-9(2)11-7-3-5-10-6-4-8-12(10)11;1-9(2)11-7-6-10-4-3-5-12(10)8-11;2*1-7(2)9-5-4-6-10-11(9)13-8(3)12-10;1-8(2)9-3-4-10-6-12-7-11(10)5-9;1-8(2)9-4-3-5-11-10(9)6-7-12-11;1-8(2)9-3-4-11-10(7-9)5-6-12-11;1-7(2)8-3-4-10-9(5-8)11-6-12-10;1-7(2)8-3-4-9-10(5-8)12-6-11-9;1-7(2)8-4-3-5-9-10(8)11-6-12-9;1-7(2)8-4-3-5-9-10(8)12-6-11-9/h3-9H,1-2H3;3,5,7,9H,4,6,8H2,1-2H3;6-9H,3-5H2,1-2H3;2*4-7H,1-3H3;2*3-5,8,12H,6-7H2,1-2H3;3-8H,1-2H3;4*3-7H,1-2H3. The molecule has 0 saturated carbocycles. The number of hydrogen-bond acceptors (Lipinski definition) is 16. The maximum atomic E-state index is 4.47. The van der Waals surface area contributed by atoms with Crippen molar-refractivity contribution in [2.24, 2.45) is 0 Å². The Morgan fingerprint density at radius 3 is 1.33 bits per heavy atom. The molecule has 0 amide bonds. The number of aromatic nitrogens is 7. The lowest BCUT2D eigenvalue weighted by Gasteiger charge is -2.10. The summed E-state index contributed by atoms with van der Waals surface area (Å²) in [5.41, 5.74) is 45.0. The van der Waals surface area contributed by atoms with E-state index < -0.39 is 0 Å². The van der Waals surface area contributed by atoms with Gasteiger partial charge in [0.1, 0.15) is 0 Å². The second-order valence-electron chi connectivity index (χ2n) is 42.5. The number of nitrogens with one attached hydrogen (secondary N) is 2. The molecule has 0 spiro atoms. The highest BCUT2D eigenvalue weighted by Gasteiger charge is 2.20. The maximum Gasteiger partial charge on any atom is 0.0907 e. The van der Waals surface area contributed by atoms with Crippen molar-refractivity contribution < 1.29 is 0 Å². The van der Waals surface area contributed by atoms with Gasteiger partial charge in [-0.3, -0.25) is 4.98 Å². The molecule has 2 aliphatic carbocycles. The molecule has 0 radical (unpaired) electrons. The van der Waals surface area contributed by atoms with Crippen LogP contribution in [0.5, 0.6) is 0 Å². The average molecular weight is 2080 g/mol. The molecular weight excluding hydrogens is 1920 g/mol. The summed E-state index contributed by atoms with van der Waals surface area (Å²) < 4.78 is 9.30. The minimum Gasteiger partial charge on any atom is -0.384 e. The Balaban J connectivity index is 0.000000134. The summed E-state index contributed by atoms with van der Waals surface area (Å²) in [7, 11) is 0. The van der Waals surface area contributed by atoms with E-state index in [0.717, 1.165) is 62.7 Å². The first-order valence-corrected chi connectivity index (χ1v) is 59.4. The van der Waals surface area contributed by atoms with Gasteiger partial charge in [-0.25, -0.2) is 29.9 Å². The third-order valence-corrected chi connectivity index (χ3v) is 33.8. The molecule has 24 rings (SSSR count). The zero-order valence-corrected chi connectivity index (χ0v) is 97.7. The van der Waals surface area contributed by atoms with E-state index in [1.54, 1.807) is 95.8 Å². The summed E-state index contributed by atoms with van der Waals surface area (Å²) in [4.78, 5) is 30.4. The van der Waals surface area contributed by atoms with Crippen molar-refractivity contribution in [3.8, 4) is 0 Å². The molecule has 2 aliphatic heterocycles. The summed E-state index contributed by atoms with van der Waals surface area (Å²) in [6.07, 6.45) is 11.0. The van der Waals surface area contributed by atoms with Gasteiger partial charge in [0.25, 0.3) is 0 Å². The van der Waals surface area contributed by atoms with Crippen LogP contribution in [0.2, 0.25) is 0 Å². The summed E-state index contributed by atoms with van der Waals surface area (Å²) in [5.74, 6) is 7.41. The number of hydrogen-bond donors (Lipinski definition) is 2. The molecule has 0 saturated heterocycles. The van der Waals surface area contributed by atoms with Crippen LogP contribution in [0.3, 0.4) is 0 Å². The van der Waals surface area contributed by atoms with Crippen LogP contribution in [-0.2, 0) is 45.2 Å². The van der Waals surface area contributed by atoms with Crippen LogP contribution in [-0.4, -0.2) is 41.4 Å². The van der Waals surface area contributed by atoms with E-state index in [-0.39, 0.29) is 0 Å². The third-order valence-electron chi connectivity index (χ3n) is 27.5. The van der Waals surface area contributed by atoms with Gasteiger partial charge in [0.05, 0.1) is 98.9 Å². The highest BCUT2D eigenvalue weighted by Crippen LogP contribution is 2.38. The highest BCUT2D eigenvalue weighted by atomic mass is 32.1. The van der Waals surface area contributed by atoms with Gasteiger partial charge in [0, 0.05) is 41.6 Å².